The van der Waals surface area contributed by atoms with Gasteiger partial charge in [-0.3, -0.25) is 0 Å². The molecule has 3 aliphatic rings. The number of rotatable bonds is 3. The Bertz CT molecular complexity index is 543. The molecule has 21 heavy (non-hydrogen) atoms. The highest BCUT2D eigenvalue weighted by atomic mass is 35.5. The van der Waals surface area contributed by atoms with Gasteiger partial charge in [-0.15, -0.1) is 12.4 Å². The maximum atomic E-state index is 6.22. The molecule has 0 N–H and O–H groups in total. The molecule has 1 fully saturated rings. The fourth-order valence-electron chi connectivity index (χ4n) is 3.85. The molecule has 0 amide bonds. The average Bonchev–Trinajstić information content (AvgIpc) is 2.43. The van der Waals surface area contributed by atoms with Gasteiger partial charge in [-0.05, 0) is 80.5 Å². The number of hydrogen-bond acceptors (Lipinski definition) is 1. The van der Waals surface area contributed by atoms with Crippen molar-refractivity contribution in [3.8, 4) is 0 Å². The third-order valence-corrected chi connectivity index (χ3v) is 5.43. The first-order valence-electron chi connectivity index (χ1n) is 7.39. The molecule has 0 unspecified atom stereocenters. The van der Waals surface area contributed by atoms with Crippen molar-refractivity contribution >= 4 is 41.2 Å². The standard InChI is InChI=1S/C17H21Cl2N.ClH/c1-20(2)10-14-11-3-5-12(6-4-11)17(14)13-7-8-15(18)16(19)9-13;/h7-9,11-12H,3-6,10H2,1-2H3;1H. The minimum absolute atomic E-state index is 0. The Balaban J connectivity index is 0.00000161. The van der Waals surface area contributed by atoms with Crippen LogP contribution >= 0.6 is 35.6 Å². The SMILES string of the molecule is CN(C)CC1=C(c2ccc(Cl)c(Cl)c2)C2CCC1CC2.Cl. The lowest BCUT2D eigenvalue weighted by Crippen LogP contribution is -2.31. The van der Waals surface area contributed by atoms with Crippen molar-refractivity contribution in [2.45, 2.75) is 25.7 Å². The molecule has 1 aromatic rings. The zero-order valence-electron chi connectivity index (χ0n) is 12.5. The van der Waals surface area contributed by atoms with Crippen molar-refractivity contribution in [2.75, 3.05) is 20.6 Å². The van der Waals surface area contributed by atoms with Gasteiger partial charge in [0.2, 0.25) is 0 Å². The number of hydrogen-bond donors (Lipinski definition) is 0. The van der Waals surface area contributed by atoms with E-state index in [1.807, 2.05) is 6.07 Å². The van der Waals surface area contributed by atoms with Crippen molar-refractivity contribution in [1.29, 1.82) is 0 Å². The average molecular weight is 347 g/mol. The fraction of sp³-hybridized carbons (Fsp3) is 0.529. The predicted molar refractivity (Wildman–Crippen MR) is 94.6 cm³/mol. The number of benzene rings is 1. The molecule has 0 saturated heterocycles. The number of halogens is 3. The van der Waals surface area contributed by atoms with Crippen molar-refractivity contribution in [3.05, 3.63) is 39.4 Å². The summed E-state index contributed by atoms with van der Waals surface area (Å²) in [6.45, 7) is 1.07. The molecule has 1 nitrogen and oxygen atoms in total. The third kappa shape index (κ3) is 3.42. The zero-order valence-corrected chi connectivity index (χ0v) is 14.9. The molecule has 0 aromatic heterocycles. The first kappa shape index (κ1) is 17.1. The molecule has 2 bridgehead atoms. The molecular weight excluding hydrogens is 325 g/mol. The predicted octanol–water partition coefficient (Wildman–Crippen LogP) is 5.55. The minimum atomic E-state index is 0. The van der Waals surface area contributed by atoms with Crippen LogP contribution in [0.25, 0.3) is 5.57 Å². The van der Waals surface area contributed by atoms with Crippen LogP contribution in [0, 0.1) is 11.8 Å². The second-order valence-corrected chi connectivity index (χ2v) is 7.17. The molecule has 1 aromatic carbocycles. The van der Waals surface area contributed by atoms with Crippen molar-refractivity contribution in [3.63, 3.8) is 0 Å². The normalized spacial score (nSPS) is 24.4. The van der Waals surface area contributed by atoms with Gasteiger partial charge in [0, 0.05) is 6.54 Å². The van der Waals surface area contributed by atoms with E-state index in [9.17, 15) is 0 Å². The second-order valence-electron chi connectivity index (χ2n) is 6.35. The van der Waals surface area contributed by atoms with Gasteiger partial charge in [-0.25, -0.2) is 0 Å². The summed E-state index contributed by atoms with van der Waals surface area (Å²) in [5.74, 6) is 1.49. The minimum Gasteiger partial charge on any atom is -0.305 e. The molecule has 0 heterocycles. The van der Waals surface area contributed by atoms with Crippen LogP contribution in [0.15, 0.2) is 23.8 Å². The van der Waals surface area contributed by atoms with Gasteiger partial charge >= 0.3 is 0 Å². The molecule has 0 radical (unpaired) electrons. The lowest BCUT2D eigenvalue weighted by molar-refractivity contribution is 0.299. The summed E-state index contributed by atoms with van der Waals surface area (Å²) in [6, 6.07) is 6.12. The highest BCUT2D eigenvalue weighted by Gasteiger charge is 2.35. The topological polar surface area (TPSA) is 3.24 Å². The van der Waals surface area contributed by atoms with E-state index in [1.54, 1.807) is 11.1 Å². The lowest BCUT2D eigenvalue weighted by atomic mass is 9.65. The van der Waals surface area contributed by atoms with Gasteiger partial charge < -0.3 is 4.90 Å². The highest BCUT2D eigenvalue weighted by molar-refractivity contribution is 6.42. The Morgan fingerprint density at radius 3 is 2.19 bits per heavy atom. The molecular formula is C17H22Cl3N. The Labute approximate surface area is 143 Å². The summed E-state index contributed by atoms with van der Waals surface area (Å²) in [5, 5.41) is 1.31. The Kier molecular flexibility index (Phi) is 5.65. The van der Waals surface area contributed by atoms with Gasteiger partial charge in [0.25, 0.3) is 0 Å². The Morgan fingerprint density at radius 2 is 1.62 bits per heavy atom. The van der Waals surface area contributed by atoms with Crippen LogP contribution in [0.2, 0.25) is 10.0 Å². The van der Waals surface area contributed by atoms with Crippen molar-refractivity contribution in [1.82, 2.24) is 4.90 Å². The van der Waals surface area contributed by atoms with Crippen LogP contribution in [-0.2, 0) is 0 Å². The molecule has 0 aliphatic heterocycles. The zero-order chi connectivity index (χ0) is 14.3. The number of fused-ring (bicyclic) bond motifs is 2. The third-order valence-electron chi connectivity index (χ3n) is 4.69. The summed E-state index contributed by atoms with van der Waals surface area (Å²) in [7, 11) is 4.31. The van der Waals surface area contributed by atoms with Gasteiger partial charge in [0.1, 0.15) is 0 Å². The molecule has 3 aliphatic carbocycles. The molecule has 116 valence electrons. The van der Waals surface area contributed by atoms with E-state index in [0.29, 0.717) is 16.0 Å². The summed E-state index contributed by atoms with van der Waals surface area (Å²) in [4.78, 5) is 2.29. The summed E-state index contributed by atoms with van der Waals surface area (Å²) >= 11 is 12.3. The number of allylic oxidation sites excluding steroid dienone is 1. The van der Waals surface area contributed by atoms with Crippen LogP contribution in [0.5, 0.6) is 0 Å². The van der Waals surface area contributed by atoms with Crippen molar-refractivity contribution < 1.29 is 0 Å². The monoisotopic (exact) mass is 345 g/mol. The molecule has 1 saturated carbocycles. The maximum absolute atomic E-state index is 6.22. The fourth-order valence-corrected chi connectivity index (χ4v) is 4.15. The largest absolute Gasteiger partial charge is 0.305 e. The first-order valence-corrected chi connectivity index (χ1v) is 8.15. The van der Waals surface area contributed by atoms with E-state index < -0.39 is 0 Å². The van der Waals surface area contributed by atoms with E-state index in [2.05, 4.69) is 31.1 Å². The summed E-state index contributed by atoms with van der Waals surface area (Å²) in [6.07, 6.45) is 5.38. The first-order chi connectivity index (χ1) is 9.56. The second kappa shape index (κ2) is 6.91. The van der Waals surface area contributed by atoms with E-state index in [-0.39, 0.29) is 12.4 Å². The van der Waals surface area contributed by atoms with E-state index in [0.717, 1.165) is 12.5 Å². The molecule has 4 heteroatoms. The summed E-state index contributed by atoms with van der Waals surface area (Å²) in [5.41, 5.74) is 4.47. The van der Waals surface area contributed by atoms with E-state index in [4.69, 9.17) is 23.2 Å². The maximum Gasteiger partial charge on any atom is 0.0598 e. The summed E-state index contributed by atoms with van der Waals surface area (Å²) < 4.78 is 0. The molecule has 4 rings (SSSR count). The van der Waals surface area contributed by atoms with Gasteiger partial charge in [0.15, 0.2) is 0 Å². The Morgan fingerprint density at radius 1 is 1.00 bits per heavy atom. The smallest absolute Gasteiger partial charge is 0.0598 e. The molecule has 0 spiro atoms. The van der Waals surface area contributed by atoms with Gasteiger partial charge in [-0.2, -0.15) is 0 Å². The van der Waals surface area contributed by atoms with E-state index in [1.165, 1.54) is 31.2 Å². The highest BCUT2D eigenvalue weighted by Crippen LogP contribution is 2.49. The van der Waals surface area contributed by atoms with Crippen molar-refractivity contribution in [2.24, 2.45) is 11.8 Å². The lowest BCUT2D eigenvalue weighted by Gasteiger charge is -2.41. The van der Waals surface area contributed by atoms with Crippen LogP contribution in [-0.4, -0.2) is 25.5 Å². The van der Waals surface area contributed by atoms with Crippen LogP contribution < -0.4 is 0 Å². The van der Waals surface area contributed by atoms with Crippen LogP contribution in [0.3, 0.4) is 0 Å². The Hall–Kier alpha value is -0.210. The van der Waals surface area contributed by atoms with E-state index >= 15 is 0 Å². The van der Waals surface area contributed by atoms with Gasteiger partial charge in [0.05, 0.1) is 10.0 Å². The van der Waals surface area contributed by atoms with Gasteiger partial charge in [-0.1, -0.05) is 29.3 Å². The van der Waals surface area contributed by atoms with Crippen LogP contribution in [0.4, 0.5) is 0 Å². The molecule has 0 atom stereocenters. The van der Waals surface area contributed by atoms with Crippen LogP contribution in [0.1, 0.15) is 31.2 Å². The number of nitrogens with zero attached hydrogens (tertiary/aromatic N) is 1. The quantitative estimate of drug-likeness (QED) is 0.693. The number of likely N-dealkylation sites (N-methyl/N-ethyl adjacent to an activating group) is 1.